The van der Waals surface area contributed by atoms with Gasteiger partial charge in [-0.05, 0) is 19.1 Å². The highest BCUT2D eigenvalue weighted by molar-refractivity contribution is 5.96. The zero-order chi connectivity index (χ0) is 17.0. The molecule has 0 aliphatic rings. The number of hydrogen-bond acceptors (Lipinski definition) is 5. The number of anilines is 1. The van der Waals surface area contributed by atoms with Gasteiger partial charge in [-0.25, -0.2) is 22.9 Å². The molecule has 120 valence electrons. The molecule has 0 bridgehead atoms. The zero-order valence-corrected chi connectivity index (χ0v) is 11.7. The quantitative estimate of drug-likeness (QED) is 0.687. The van der Waals surface area contributed by atoms with E-state index in [1.807, 2.05) is 5.32 Å². The van der Waals surface area contributed by atoms with Crippen molar-refractivity contribution in [3.8, 4) is 0 Å². The maximum Gasteiger partial charge on any atom is 0.359 e. The predicted molar refractivity (Wildman–Crippen MR) is 71.9 cm³/mol. The maximum absolute atomic E-state index is 13.5. The van der Waals surface area contributed by atoms with Gasteiger partial charge < -0.3 is 10.1 Å². The van der Waals surface area contributed by atoms with Gasteiger partial charge in [0, 0.05) is 12.4 Å². The van der Waals surface area contributed by atoms with Crippen molar-refractivity contribution >= 4 is 17.6 Å². The molecule has 0 spiro atoms. The molecule has 1 aromatic heterocycles. The fourth-order valence-corrected chi connectivity index (χ4v) is 1.54. The van der Waals surface area contributed by atoms with E-state index in [4.69, 9.17) is 4.74 Å². The van der Waals surface area contributed by atoms with Crippen molar-refractivity contribution in [1.82, 2.24) is 9.97 Å². The molecule has 23 heavy (non-hydrogen) atoms. The summed E-state index contributed by atoms with van der Waals surface area (Å²) in [5, 5.41) is 2.00. The number of rotatable bonds is 4. The number of nitrogens with zero attached hydrogens (tertiary/aromatic N) is 2. The molecule has 6 nitrogen and oxygen atoms in total. The molecule has 2 aromatic rings. The van der Waals surface area contributed by atoms with Gasteiger partial charge in [0.1, 0.15) is 0 Å². The lowest BCUT2D eigenvalue weighted by atomic mass is 10.2. The predicted octanol–water partition coefficient (Wildman–Crippen LogP) is 2.08. The normalized spacial score (nSPS) is 11.7. The Morgan fingerprint density at radius 2 is 1.91 bits per heavy atom. The number of carbonyl (C=O) groups is 2. The van der Waals surface area contributed by atoms with Crippen molar-refractivity contribution in [2.24, 2.45) is 0 Å². The Labute approximate surface area is 128 Å². The van der Waals surface area contributed by atoms with Gasteiger partial charge in [0.2, 0.25) is 0 Å². The third-order valence-electron chi connectivity index (χ3n) is 2.72. The molecule has 0 unspecified atom stereocenters. The Balaban J connectivity index is 2.03. The van der Waals surface area contributed by atoms with Crippen LogP contribution >= 0.6 is 0 Å². The van der Waals surface area contributed by atoms with Crippen LogP contribution in [0, 0.1) is 17.5 Å². The van der Waals surface area contributed by atoms with E-state index in [0.717, 1.165) is 12.3 Å². The summed E-state index contributed by atoms with van der Waals surface area (Å²) in [5.74, 6) is -6.49. The van der Waals surface area contributed by atoms with Crippen molar-refractivity contribution < 1.29 is 27.5 Å². The van der Waals surface area contributed by atoms with E-state index in [2.05, 4.69) is 9.97 Å². The minimum Gasteiger partial charge on any atom is -0.448 e. The topological polar surface area (TPSA) is 81.2 Å². The molecular weight excluding hydrogens is 315 g/mol. The van der Waals surface area contributed by atoms with Gasteiger partial charge in [-0.3, -0.25) is 9.78 Å². The Bertz CT molecular complexity index is 741. The van der Waals surface area contributed by atoms with E-state index >= 15 is 0 Å². The molecule has 0 saturated heterocycles. The number of halogens is 3. The number of ether oxygens (including phenoxy) is 1. The number of aromatic nitrogens is 2. The van der Waals surface area contributed by atoms with Gasteiger partial charge >= 0.3 is 5.97 Å². The van der Waals surface area contributed by atoms with Gasteiger partial charge in [-0.15, -0.1) is 0 Å². The minimum atomic E-state index is -1.72. The number of amides is 1. The molecule has 0 radical (unpaired) electrons. The van der Waals surface area contributed by atoms with Crippen LogP contribution in [0.1, 0.15) is 17.4 Å². The first-order chi connectivity index (χ1) is 10.9. The summed E-state index contributed by atoms with van der Waals surface area (Å²) < 4.78 is 44.2. The molecule has 0 aliphatic carbocycles. The molecule has 1 aromatic carbocycles. The van der Waals surface area contributed by atoms with Gasteiger partial charge in [0.25, 0.3) is 5.91 Å². The van der Waals surface area contributed by atoms with Crippen LogP contribution in [-0.4, -0.2) is 27.9 Å². The van der Waals surface area contributed by atoms with Crippen LogP contribution in [0.25, 0.3) is 0 Å². The highest BCUT2D eigenvalue weighted by Gasteiger charge is 2.22. The van der Waals surface area contributed by atoms with Crippen molar-refractivity contribution in [1.29, 1.82) is 0 Å². The first-order valence-electron chi connectivity index (χ1n) is 6.31. The Kier molecular flexibility index (Phi) is 4.89. The van der Waals surface area contributed by atoms with Crippen molar-refractivity contribution in [3.05, 3.63) is 53.9 Å². The van der Waals surface area contributed by atoms with Gasteiger partial charge in [0.15, 0.2) is 29.2 Å². The first kappa shape index (κ1) is 16.4. The van der Waals surface area contributed by atoms with E-state index in [1.165, 1.54) is 19.3 Å². The van der Waals surface area contributed by atoms with Crippen LogP contribution in [-0.2, 0) is 9.53 Å². The average molecular weight is 325 g/mol. The van der Waals surface area contributed by atoms with Crippen LogP contribution in [0.5, 0.6) is 0 Å². The van der Waals surface area contributed by atoms with Gasteiger partial charge in [-0.1, -0.05) is 0 Å². The van der Waals surface area contributed by atoms with E-state index in [9.17, 15) is 22.8 Å². The lowest BCUT2D eigenvalue weighted by molar-refractivity contribution is -0.123. The lowest BCUT2D eigenvalue weighted by Crippen LogP contribution is -2.30. The third kappa shape index (κ3) is 3.82. The number of benzene rings is 1. The van der Waals surface area contributed by atoms with Crippen LogP contribution in [0.2, 0.25) is 0 Å². The fourth-order valence-electron chi connectivity index (χ4n) is 1.54. The Morgan fingerprint density at radius 1 is 1.17 bits per heavy atom. The molecule has 1 atom stereocenters. The van der Waals surface area contributed by atoms with Crippen molar-refractivity contribution in [2.45, 2.75) is 13.0 Å². The summed E-state index contributed by atoms with van der Waals surface area (Å²) in [6.07, 6.45) is 2.43. The van der Waals surface area contributed by atoms with Gasteiger partial charge in [-0.2, -0.15) is 0 Å². The van der Waals surface area contributed by atoms with Crippen molar-refractivity contribution in [3.63, 3.8) is 0 Å². The molecule has 1 amide bonds. The zero-order valence-electron chi connectivity index (χ0n) is 11.7. The van der Waals surface area contributed by atoms with Gasteiger partial charge in [0.05, 0.1) is 11.9 Å². The smallest absolute Gasteiger partial charge is 0.359 e. The highest BCUT2D eigenvalue weighted by Crippen LogP contribution is 2.20. The molecule has 0 saturated carbocycles. The number of hydrogen-bond donors (Lipinski definition) is 1. The standard InChI is InChI=1S/C14H10F3N3O3/c1-7(23-14(22)10-6-18-4-5-19-10)13(21)20-9-3-2-8(15)11(16)12(9)17/h2-7H,1H3,(H,20,21)/t7-/m1/s1. The monoisotopic (exact) mass is 325 g/mol. The van der Waals surface area contributed by atoms with E-state index in [-0.39, 0.29) is 5.69 Å². The number of carbonyl (C=O) groups excluding carboxylic acids is 2. The van der Waals surface area contributed by atoms with Crippen LogP contribution in [0.4, 0.5) is 18.9 Å². The van der Waals surface area contributed by atoms with Crippen LogP contribution < -0.4 is 5.32 Å². The molecule has 1 heterocycles. The molecule has 2 rings (SSSR count). The molecule has 0 fully saturated rings. The second-order valence-corrected chi connectivity index (χ2v) is 4.35. The number of nitrogens with one attached hydrogen (secondary N) is 1. The maximum atomic E-state index is 13.5. The van der Waals surface area contributed by atoms with E-state index < -0.39 is 41.1 Å². The summed E-state index contributed by atoms with van der Waals surface area (Å²) in [6, 6.07) is 1.51. The minimum absolute atomic E-state index is 0.119. The summed E-state index contributed by atoms with van der Waals surface area (Å²) in [4.78, 5) is 30.9. The second kappa shape index (κ2) is 6.86. The first-order valence-corrected chi connectivity index (χ1v) is 6.31. The Morgan fingerprint density at radius 3 is 2.57 bits per heavy atom. The van der Waals surface area contributed by atoms with Crippen LogP contribution in [0.15, 0.2) is 30.7 Å². The summed E-state index contributed by atoms with van der Waals surface area (Å²) >= 11 is 0. The third-order valence-corrected chi connectivity index (χ3v) is 2.72. The summed E-state index contributed by atoms with van der Waals surface area (Å²) in [5.41, 5.74) is -0.692. The molecular formula is C14H10F3N3O3. The fraction of sp³-hybridized carbons (Fsp3) is 0.143. The summed E-state index contributed by atoms with van der Waals surface area (Å²) in [7, 11) is 0. The van der Waals surface area contributed by atoms with Crippen LogP contribution in [0.3, 0.4) is 0 Å². The summed E-state index contributed by atoms with van der Waals surface area (Å²) in [6.45, 7) is 1.22. The Hall–Kier alpha value is -2.97. The molecule has 0 aliphatic heterocycles. The number of esters is 1. The van der Waals surface area contributed by atoms with E-state index in [0.29, 0.717) is 6.07 Å². The van der Waals surface area contributed by atoms with E-state index in [1.54, 1.807) is 0 Å². The second-order valence-electron chi connectivity index (χ2n) is 4.35. The highest BCUT2D eigenvalue weighted by atomic mass is 19.2. The van der Waals surface area contributed by atoms with Crippen molar-refractivity contribution in [2.75, 3.05) is 5.32 Å². The molecule has 9 heteroatoms. The lowest BCUT2D eigenvalue weighted by Gasteiger charge is -2.13. The SMILES string of the molecule is C[C@@H](OC(=O)c1cnccn1)C(=O)Nc1ccc(F)c(F)c1F. The molecule has 1 N–H and O–H groups in total. The largest absolute Gasteiger partial charge is 0.448 e. The average Bonchev–Trinajstić information content (AvgIpc) is 2.56.